The Morgan fingerprint density at radius 2 is 2.06 bits per heavy atom. The quantitative estimate of drug-likeness (QED) is 0.520. The highest BCUT2D eigenvalue weighted by Gasteiger charge is 2.16. The van der Waals surface area contributed by atoms with Crippen molar-refractivity contribution in [3.63, 3.8) is 0 Å². The number of aromatic nitrogens is 1. The molecule has 0 bridgehead atoms. The van der Waals surface area contributed by atoms with Gasteiger partial charge in [0.2, 0.25) is 6.41 Å². The summed E-state index contributed by atoms with van der Waals surface area (Å²) < 4.78 is 0. The Balaban J connectivity index is 2.46. The molecule has 0 aliphatic carbocycles. The first-order valence-electron chi connectivity index (χ1n) is 5.34. The van der Waals surface area contributed by atoms with Gasteiger partial charge in [-0.25, -0.2) is 0 Å². The van der Waals surface area contributed by atoms with Crippen molar-refractivity contribution in [3.05, 3.63) is 42.6 Å². The van der Waals surface area contributed by atoms with E-state index in [-0.39, 0.29) is 5.46 Å². The van der Waals surface area contributed by atoms with Crippen LogP contribution in [0.3, 0.4) is 0 Å². The van der Waals surface area contributed by atoms with Gasteiger partial charge in [0.15, 0.2) is 0 Å². The van der Waals surface area contributed by atoms with Gasteiger partial charge in [-0.2, -0.15) is 0 Å². The van der Waals surface area contributed by atoms with Crippen molar-refractivity contribution in [1.29, 1.82) is 0 Å². The first kappa shape index (κ1) is 12.3. The average molecular weight is 242 g/mol. The molecule has 0 atom stereocenters. The minimum absolute atomic E-state index is 0.238. The van der Waals surface area contributed by atoms with Crippen LogP contribution in [-0.2, 0) is 4.79 Å². The lowest BCUT2D eigenvalue weighted by Crippen LogP contribution is -2.32. The monoisotopic (exact) mass is 242 g/mol. The molecule has 0 spiro atoms. The molecule has 90 valence electrons. The van der Waals surface area contributed by atoms with Crippen molar-refractivity contribution in [3.8, 4) is 11.3 Å². The van der Waals surface area contributed by atoms with E-state index in [2.05, 4.69) is 10.3 Å². The number of nitrogens with one attached hydrogen (secondary N) is 1. The minimum Gasteiger partial charge on any atom is -0.423 e. The predicted octanol–water partition coefficient (Wildman–Crippen LogP) is -0.00330. The van der Waals surface area contributed by atoms with Crippen molar-refractivity contribution in [2.75, 3.05) is 5.32 Å². The fraction of sp³-hybridized carbons (Fsp3) is 0. The highest BCUT2D eigenvalue weighted by molar-refractivity contribution is 6.60. The van der Waals surface area contributed by atoms with Crippen LogP contribution in [0.25, 0.3) is 11.3 Å². The van der Waals surface area contributed by atoms with Gasteiger partial charge in [0.25, 0.3) is 0 Å². The van der Waals surface area contributed by atoms with Crippen LogP contribution in [0.1, 0.15) is 0 Å². The number of anilines is 1. The molecule has 0 saturated carbocycles. The van der Waals surface area contributed by atoms with E-state index in [1.54, 1.807) is 30.5 Å². The zero-order valence-electron chi connectivity index (χ0n) is 9.45. The topological polar surface area (TPSA) is 82.5 Å². The molecule has 1 aromatic carbocycles. The van der Waals surface area contributed by atoms with Gasteiger partial charge in [-0.05, 0) is 18.2 Å². The van der Waals surface area contributed by atoms with Crippen molar-refractivity contribution in [2.45, 2.75) is 0 Å². The highest BCUT2D eigenvalue weighted by Crippen LogP contribution is 2.19. The molecule has 0 unspecified atom stereocenters. The number of benzene rings is 1. The molecule has 0 radical (unpaired) electrons. The van der Waals surface area contributed by atoms with Crippen LogP contribution >= 0.6 is 0 Å². The second-order valence-electron chi connectivity index (χ2n) is 3.65. The summed E-state index contributed by atoms with van der Waals surface area (Å²) in [6.07, 6.45) is 2.15. The second-order valence-corrected chi connectivity index (χ2v) is 3.65. The Labute approximate surface area is 104 Å². The van der Waals surface area contributed by atoms with Gasteiger partial charge in [-0.15, -0.1) is 0 Å². The van der Waals surface area contributed by atoms with Gasteiger partial charge < -0.3 is 15.4 Å². The molecule has 3 N–H and O–H groups in total. The molecular formula is C12H11BN2O3. The van der Waals surface area contributed by atoms with Crippen LogP contribution in [0.4, 0.5) is 5.69 Å². The molecule has 0 fully saturated rings. The van der Waals surface area contributed by atoms with E-state index in [4.69, 9.17) is 0 Å². The van der Waals surface area contributed by atoms with Crippen LogP contribution < -0.4 is 10.8 Å². The van der Waals surface area contributed by atoms with Gasteiger partial charge >= 0.3 is 7.12 Å². The third-order valence-corrected chi connectivity index (χ3v) is 2.51. The average Bonchev–Trinajstić information content (AvgIpc) is 2.40. The SMILES string of the molecule is O=CNc1cc(-c2ccccn2)ccc1B(O)O. The van der Waals surface area contributed by atoms with E-state index >= 15 is 0 Å². The molecule has 1 amide bonds. The first-order chi connectivity index (χ1) is 8.72. The summed E-state index contributed by atoms with van der Waals surface area (Å²) in [6.45, 7) is 0. The lowest BCUT2D eigenvalue weighted by molar-refractivity contribution is -0.105. The van der Waals surface area contributed by atoms with Gasteiger partial charge in [-0.1, -0.05) is 18.2 Å². The van der Waals surface area contributed by atoms with Crippen LogP contribution in [0.15, 0.2) is 42.6 Å². The zero-order chi connectivity index (χ0) is 13.0. The maximum absolute atomic E-state index is 10.5. The summed E-state index contributed by atoms with van der Waals surface area (Å²) in [7, 11) is -1.63. The number of nitrogens with zero attached hydrogens (tertiary/aromatic N) is 1. The molecule has 1 aromatic heterocycles. The number of hydrogen-bond acceptors (Lipinski definition) is 4. The maximum atomic E-state index is 10.5. The third kappa shape index (κ3) is 2.56. The molecular weight excluding hydrogens is 231 g/mol. The Morgan fingerprint density at radius 1 is 1.22 bits per heavy atom. The Morgan fingerprint density at radius 3 is 2.67 bits per heavy atom. The van der Waals surface area contributed by atoms with E-state index < -0.39 is 7.12 Å². The fourth-order valence-electron chi connectivity index (χ4n) is 1.66. The van der Waals surface area contributed by atoms with Gasteiger partial charge in [0.05, 0.1) is 5.69 Å². The third-order valence-electron chi connectivity index (χ3n) is 2.51. The first-order valence-corrected chi connectivity index (χ1v) is 5.34. The molecule has 0 aliphatic heterocycles. The Hall–Kier alpha value is -2.18. The number of pyridine rings is 1. The van der Waals surface area contributed by atoms with Crippen molar-refractivity contribution in [1.82, 2.24) is 4.98 Å². The largest absolute Gasteiger partial charge is 0.490 e. The lowest BCUT2D eigenvalue weighted by atomic mass is 9.78. The summed E-state index contributed by atoms with van der Waals surface area (Å²) in [4.78, 5) is 14.7. The fourth-order valence-corrected chi connectivity index (χ4v) is 1.66. The van der Waals surface area contributed by atoms with E-state index in [9.17, 15) is 14.8 Å². The van der Waals surface area contributed by atoms with E-state index in [1.807, 2.05) is 12.1 Å². The second kappa shape index (κ2) is 5.44. The number of amides is 1. The zero-order valence-corrected chi connectivity index (χ0v) is 9.45. The van der Waals surface area contributed by atoms with E-state index in [1.165, 1.54) is 0 Å². The van der Waals surface area contributed by atoms with E-state index in [0.29, 0.717) is 12.1 Å². The molecule has 2 rings (SSSR count). The van der Waals surface area contributed by atoms with E-state index in [0.717, 1.165) is 11.3 Å². The summed E-state index contributed by atoms with van der Waals surface area (Å²) >= 11 is 0. The summed E-state index contributed by atoms with van der Waals surface area (Å²) in [5, 5.41) is 20.8. The molecule has 6 heteroatoms. The van der Waals surface area contributed by atoms with Crippen molar-refractivity contribution < 1.29 is 14.8 Å². The van der Waals surface area contributed by atoms with Gasteiger partial charge in [-0.3, -0.25) is 9.78 Å². The summed E-state index contributed by atoms with van der Waals surface area (Å²) in [6, 6.07) is 10.4. The van der Waals surface area contributed by atoms with Crippen LogP contribution in [-0.4, -0.2) is 28.6 Å². The predicted molar refractivity (Wildman–Crippen MR) is 69.2 cm³/mol. The molecule has 18 heavy (non-hydrogen) atoms. The number of carbonyl (C=O) groups is 1. The Bertz CT molecular complexity index is 546. The van der Waals surface area contributed by atoms with Gasteiger partial charge in [0.1, 0.15) is 0 Å². The van der Waals surface area contributed by atoms with Crippen LogP contribution in [0.2, 0.25) is 0 Å². The van der Waals surface area contributed by atoms with Crippen molar-refractivity contribution >= 4 is 24.7 Å². The number of rotatable bonds is 4. The van der Waals surface area contributed by atoms with Crippen LogP contribution in [0, 0.1) is 0 Å². The minimum atomic E-state index is -1.63. The number of hydrogen-bond donors (Lipinski definition) is 3. The standard InChI is InChI=1S/C12H11BN2O3/c16-8-15-12-7-9(4-5-10(12)13(17)18)11-3-1-2-6-14-11/h1-8,17-18H,(H,15,16). The maximum Gasteiger partial charge on any atom is 0.490 e. The summed E-state index contributed by atoms with van der Waals surface area (Å²) in [5.74, 6) is 0. The number of carbonyl (C=O) groups excluding carboxylic acids is 1. The Kier molecular flexibility index (Phi) is 3.71. The molecule has 2 aromatic rings. The van der Waals surface area contributed by atoms with Crippen molar-refractivity contribution in [2.24, 2.45) is 0 Å². The molecule has 0 aliphatic rings. The normalized spacial score (nSPS) is 9.89. The van der Waals surface area contributed by atoms with Crippen LogP contribution in [0.5, 0.6) is 0 Å². The molecule has 5 nitrogen and oxygen atoms in total. The lowest BCUT2D eigenvalue weighted by Gasteiger charge is -2.09. The van der Waals surface area contributed by atoms with Gasteiger partial charge in [0, 0.05) is 22.9 Å². The smallest absolute Gasteiger partial charge is 0.423 e. The highest BCUT2D eigenvalue weighted by atomic mass is 16.4. The summed E-state index contributed by atoms with van der Waals surface area (Å²) in [5.41, 5.74) is 2.11. The molecule has 0 saturated heterocycles. The molecule has 1 heterocycles.